The number of rotatable bonds is 4. The van der Waals surface area contributed by atoms with Gasteiger partial charge in [-0.15, -0.1) is 0 Å². The van der Waals surface area contributed by atoms with Crippen LogP contribution in [0.25, 0.3) is 0 Å². The Labute approximate surface area is 150 Å². The van der Waals surface area contributed by atoms with Gasteiger partial charge in [-0.2, -0.15) is 4.31 Å². The first-order valence-electron chi connectivity index (χ1n) is 9.05. The second kappa shape index (κ2) is 8.15. The van der Waals surface area contributed by atoms with Gasteiger partial charge < -0.3 is 4.90 Å². The van der Waals surface area contributed by atoms with Gasteiger partial charge in [0.2, 0.25) is 15.9 Å². The quantitative estimate of drug-likeness (QED) is 0.774. The number of carbonyl (C=O) groups is 1. The van der Waals surface area contributed by atoms with E-state index in [1.54, 1.807) is 11.0 Å². The zero-order valence-corrected chi connectivity index (χ0v) is 15.4. The lowest BCUT2D eigenvalue weighted by atomic mass is 9.94. The summed E-state index contributed by atoms with van der Waals surface area (Å²) in [6.45, 7) is 1.70. The van der Waals surface area contributed by atoms with Crippen molar-refractivity contribution in [1.82, 2.24) is 9.21 Å². The minimum Gasteiger partial charge on any atom is -0.337 e. The van der Waals surface area contributed by atoms with Crippen molar-refractivity contribution < 1.29 is 13.2 Å². The van der Waals surface area contributed by atoms with Crippen LogP contribution in [-0.2, 0) is 20.6 Å². The molecule has 0 atom stereocenters. The topological polar surface area (TPSA) is 57.7 Å². The van der Waals surface area contributed by atoms with Gasteiger partial charge >= 0.3 is 0 Å². The van der Waals surface area contributed by atoms with Crippen LogP contribution < -0.4 is 0 Å². The van der Waals surface area contributed by atoms with Gasteiger partial charge in [0.25, 0.3) is 0 Å². The fraction of sp³-hybridized carbons (Fsp3) is 0.526. The van der Waals surface area contributed by atoms with E-state index in [0.29, 0.717) is 26.2 Å². The summed E-state index contributed by atoms with van der Waals surface area (Å²) in [5.74, 6) is 0.0586. The van der Waals surface area contributed by atoms with Crippen LogP contribution in [-0.4, -0.2) is 49.7 Å². The molecule has 6 heteroatoms. The molecule has 136 valence electrons. The van der Waals surface area contributed by atoms with Crippen LogP contribution in [0.15, 0.2) is 42.0 Å². The lowest BCUT2D eigenvalue weighted by molar-refractivity contribution is -0.127. The van der Waals surface area contributed by atoms with Gasteiger partial charge in [0.05, 0.1) is 5.75 Å². The molecule has 1 amide bonds. The van der Waals surface area contributed by atoms with Gasteiger partial charge in [-0.25, -0.2) is 8.42 Å². The van der Waals surface area contributed by atoms with Crippen molar-refractivity contribution in [2.75, 3.05) is 26.2 Å². The van der Waals surface area contributed by atoms with Gasteiger partial charge in [0, 0.05) is 32.3 Å². The highest BCUT2D eigenvalue weighted by molar-refractivity contribution is 7.88. The molecule has 0 N–H and O–H groups in total. The molecule has 1 saturated carbocycles. The van der Waals surface area contributed by atoms with Crippen molar-refractivity contribution in [1.29, 1.82) is 0 Å². The molecule has 3 rings (SSSR count). The summed E-state index contributed by atoms with van der Waals surface area (Å²) in [5, 5.41) is 0. The van der Waals surface area contributed by atoms with Crippen LogP contribution >= 0.6 is 0 Å². The maximum atomic E-state index is 12.6. The maximum Gasteiger partial charge on any atom is 0.246 e. The first kappa shape index (κ1) is 18.1. The Bertz CT molecular complexity index is 712. The third kappa shape index (κ3) is 4.92. The summed E-state index contributed by atoms with van der Waals surface area (Å²) in [4.78, 5) is 14.2. The highest BCUT2D eigenvalue weighted by atomic mass is 32.2. The first-order valence-corrected chi connectivity index (χ1v) is 10.7. The molecule has 5 nitrogen and oxygen atoms in total. The van der Waals surface area contributed by atoms with Crippen LogP contribution in [0.1, 0.15) is 37.7 Å². The number of nitrogens with zero attached hydrogens (tertiary/aromatic N) is 2. The molecule has 1 saturated heterocycles. The zero-order chi connectivity index (χ0) is 17.7. The molecule has 0 unspecified atom stereocenters. The summed E-state index contributed by atoms with van der Waals surface area (Å²) >= 11 is 0. The van der Waals surface area contributed by atoms with Gasteiger partial charge in [-0.05, 0) is 31.2 Å². The van der Waals surface area contributed by atoms with E-state index in [1.165, 1.54) is 29.1 Å². The van der Waals surface area contributed by atoms with Gasteiger partial charge in [-0.1, -0.05) is 42.3 Å². The number of piperazine rings is 1. The fourth-order valence-electron chi connectivity index (χ4n) is 3.48. The van der Waals surface area contributed by atoms with Gasteiger partial charge in [-0.3, -0.25) is 4.79 Å². The monoisotopic (exact) mass is 362 g/mol. The van der Waals surface area contributed by atoms with E-state index in [2.05, 4.69) is 0 Å². The van der Waals surface area contributed by atoms with Crippen molar-refractivity contribution in [2.24, 2.45) is 0 Å². The van der Waals surface area contributed by atoms with Crippen LogP contribution in [0.4, 0.5) is 0 Å². The number of amides is 1. The molecular weight excluding hydrogens is 336 g/mol. The van der Waals surface area contributed by atoms with Crippen LogP contribution in [0.5, 0.6) is 0 Å². The number of carbonyl (C=O) groups excluding carboxylic acids is 1. The molecule has 2 fully saturated rings. The highest BCUT2D eigenvalue weighted by Gasteiger charge is 2.28. The largest absolute Gasteiger partial charge is 0.337 e. The second-order valence-electron chi connectivity index (χ2n) is 6.83. The number of hydrogen-bond acceptors (Lipinski definition) is 3. The van der Waals surface area contributed by atoms with E-state index in [1.807, 2.05) is 30.3 Å². The van der Waals surface area contributed by atoms with E-state index in [0.717, 1.165) is 18.4 Å². The molecule has 0 spiro atoms. The lowest BCUT2D eigenvalue weighted by Gasteiger charge is -2.33. The fourth-order valence-corrected chi connectivity index (χ4v) is 4.99. The molecule has 25 heavy (non-hydrogen) atoms. The van der Waals surface area contributed by atoms with Crippen molar-refractivity contribution in [3.05, 3.63) is 47.5 Å². The van der Waals surface area contributed by atoms with Crippen molar-refractivity contribution in [2.45, 2.75) is 37.9 Å². The normalized spacial score (nSPS) is 19.7. The van der Waals surface area contributed by atoms with E-state index < -0.39 is 10.0 Å². The maximum absolute atomic E-state index is 12.6. The standard InChI is InChI=1S/C19H26N2O3S/c22-19(15-17-7-3-1-4-8-17)20-11-13-21(14-12-20)25(23,24)16-18-9-5-2-6-10-18/h2,5-6,9-10,15H,1,3-4,7-8,11-14,16H2. The second-order valence-corrected chi connectivity index (χ2v) is 8.80. The van der Waals surface area contributed by atoms with Gasteiger partial charge in [0.15, 0.2) is 0 Å². The molecule has 0 bridgehead atoms. The summed E-state index contributed by atoms with van der Waals surface area (Å²) in [6.07, 6.45) is 7.43. The van der Waals surface area contributed by atoms with Crippen molar-refractivity contribution >= 4 is 15.9 Å². The lowest BCUT2D eigenvalue weighted by Crippen LogP contribution is -2.50. The Balaban J connectivity index is 1.55. The average molecular weight is 362 g/mol. The van der Waals surface area contributed by atoms with Crippen LogP contribution in [0.3, 0.4) is 0 Å². The Hall–Kier alpha value is -1.66. The molecule has 1 aliphatic heterocycles. The van der Waals surface area contributed by atoms with Crippen LogP contribution in [0.2, 0.25) is 0 Å². The SMILES string of the molecule is O=C(C=C1CCCCC1)N1CCN(S(=O)(=O)Cc2ccccc2)CC1. The number of hydrogen-bond donors (Lipinski definition) is 0. The average Bonchev–Trinajstić information content (AvgIpc) is 2.63. The van der Waals surface area contributed by atoms with E-state index in [4.69, 9.17) is 0 Å². The summed E-state index contributed by atoms with van der Waals surface area (Å²) in [7, 11) is -3.33. The Kier molecular flexibility index (Phi) is 5.91. The third-order valence-corrected chi connectivity index (χ3v) is 6.81. The number of allylic oxidation sites excluding steroid dienone is 1. The molecule has 1 aromatic carbocycles. The minimum absolute atomic E-state index is 0.0197. The number of benzene rings is 1. The predicted molar refractivity (Wildman–Crippen MR) is 98.4 cm³/mol. The number of sulfonamides is 1. The molecule has 1 aromatic rings. The third-order valence-electron chi connectivity index (χ3n) is 4.96. The molecular formula is C19H26N2O3S. The smallest absolute Gasteiger partial charge is 0.246 e. The Morgan fingerprint density at radius 3 is 2.24 bits per heavy atom. The van der Waals surface area contributed by atoms with Gasteiger partial charge in [0.1, 0.15) is 0 Å². The van der Waals surface area contributed by atoms with E-state index in [-0.39, 0.29) is 11.7 Å². The highest BCUT2D eigenvalue weighted by Crippen LogP contribution is 2.23. The van der Waals surface area contributed by atoms with Crippen LogP contribution in [0, 0.1) is 0 Å². The summed E-state index contributed by atoms with van der Waals surface area (Å²) < 4.78 is 26.6. The molecule has 0 radical (unpaired) electrons. The van der Waals surface area contributed by atoms with Crippen molar-refractivity contribution in [3.8, 4) is 0 Å². The summed E-state index contributed by atoms with van der Waals surface area (Å²) in [6, 6.07) is 9.23. The molecule has 2 aliphatic rings. The minimum atomic E-state index is -3.33. The van der Waals surface area contributed by atoms with E-state index in [9.17, 15) is 13.2 Å². The molecule has 1 aliphatic carbocycles. The summed E-state index contributed by atoms with van der Waals surface area (Å²) in [5.41, 5.74) is 2.04. The predicted octanol–water partition coefficient (Wildman–Crippen LogP) is 2.55. The molecule has 1 heterocycles. The van der Waals surface area contributed by atoms with E-state index >= 15 is 0 Å². The van der Waals surface area contributed by atoms with Crippen molar-refractivity contribution in [3.63, 3.8) is 0 Å². The molecule has 0 aromatic heterocycles. The Morgan fingerprint density at radius 2 is 1.60 bits per heavy atom. The zero-order valence-electron chi connectivity index (χ0n) is 14.6. The first-order chi connectivity index (χ1) is 12.0. The Morgan fingerprint density at radius 1 is 0.960 bits per heavy atom.